The fourth-order valence-corrected chi connectivity index (χ4v) is 1.52. The number of hydrogen-bond acceptors (Lipinski definition) is 6. The van der Waals surface area contributed by atoms with Gasteiger partial charge < -0.3 is 4.74 Å². The second-order valence-electron chi connectivity index (χ2n) is 3.66. The Morgan fingerprint density at radius 1 is 1.40 bits per heavy atom. The van der Waals surface area contributed by atoms with E-state index in [-0.39, 0.29) is 28.9 Å². The Labute approximate surface area is 118 Å². The summed E-state index contributed by atoms with van der Waals surface area (Å²) in [6, 6.07) is 5.66. The lowest BCUT2D eigenvalue weighted by Gasteiger charge is -2.04. The quantitative estimate of drug-likeness (QED) is 0.487. The van der Waals surface area contributed by atoms with Crippen molar-refractivity contribution in [1.29, 1.82) is 5.26 Å². The van der Waals surface area contributed by atoms with E-state index in [9.17, 15) is 10.1 Å². The molecule has 2 rings (SSSR count). The third kappa shape index (κ3) is 2.99. The average molecular weight is 291 g/mol. The number of nitrogens with zero attached hydrogens (tertiary/aromatic N) is 4. The van der Waals surface area contributed by atoms with E-state index in [2.05, 4.69) is 9.97 Å². The number of halogens is 1. The molecule has 100 valence electrons. The van der Waals surface area contributed by atoms with Gasteiger partial charge >= 0.3 is 11.7 Å². The van der Waals surface area contributed by atoms with E-state index >= 15 is 0 Å². The van der Waals surface area contributed by atoms with Crippen LogP contribution in [-0.4, -0.2) is 14.9 Å². The minimum Gasteiger partial charge on any atom is -0.417 e. The zero-order valence-electron chi connectivity index (χ0n) is 9.99. The number of hydrogen-bond donors (Lipinski definition) is 0. The Kier molecular flexibility index (Phi) is 4.08. The van der Waals surface area contributed by atoms with E-state index in [4.69, 9.17) is 21.6 Å². The van der Waals surface area contributed by atoms with Crippen LogP contribution in [0.5, 0.6) is 11.8 Å². The first-order valence-corrected chi connectivity index (χ1v) is 5.90. The molecule has 0 unspecified atom stereocenters. The van der Waals surface area contributed by atoms with Crippen molar-refractivity contribution in [2.24, 2.45) is 0 Å². The molecule has 2 aromatic rings. The topological polar surface area (TPSA) is 102 Å². The molecule has 7 nitrogen and oxygen atoms in total. The first kappa shape index (κ1) is 13.7. The molecule has 1 heterocycles. The van der Waals surface area contributed by atoms with Gasteiger partial charge in [0.2, 0.25) is 5.75 Å². The van der Waals surface area contributed by atoms with Crippen LogP contribution in [-0.2, 0) is 5.88 Å². The minimum absolute atomic E-state index is 0.0346. The third-order valence-electron chi connectivity index (χ3n) is 2.32. The summed E-state index contributed by atoms with van der Waals surface area (Å²) >= 11 is 5.60. The van der Waals surface area contributed by atoms with Crippen LogP contribution in [0.25, 0.3) is 0 Å². The molecule has 0 saturated heterocycles. The SMILES string of the molecule is N#Cc1ccc(Oc2ncc(CCl)cn2)c([N+](=O)[O-])c1. The molecule has 8 heteroatoms. The summed E-state index contributed by atoms with van der Waals surface area (Å²) in [7, 11) is 0. The number of rotatable bonds is 4. The van der Waals surface area contributed by atoms with E-state index < -0.39 is 4.92 Å². The maximum atomic E-state index is 10.9. The van der Waals surface area contributed by atoms with Crippen LogP contribution in [0.1, 0.15) is 11.1 Å². The molecule has 0 aliphatic carbocycles. The maximum Gasteiger partial charge on any atom is 0.322 e. The van der Waals surface area contributed by atoms with E-state index in [1.54, 1.807) is 0 Å². The molecular weight excluding hydrogens is 284 g/mol. The first-order valence-electron chi connectivity index (χ1n) is 5.37. The lowest BCUT2D eigenvalue weighted by molar-refractivity contribution is -0.385. The third-order valence-corrected chi connectivity index (χ3v) is 2.63. The molecule has 0 spiro atoms. The molecule has 0 fully saturated rings. The molecule has 0 aliphatic rings. The van der Waals surface area contributed by atoms with Crippen LogP contribution in [0.2, 0.25) is 0 Å². The second kappa shape index (κ2) is 5.95. The molecule has 0 atom stereocenters. The van der Waals surface area contributed by atoms with Gasteiger partial charge in [-0.05, 0) is 12.1 Å². The van der Waals surface area contributed by atoms with Gasteiger partial charge in [0, 0.05) is 24.0 Å². The number of ether oxygens (including phenoxy) is 1. The highest BCUT2D eigenvalue weighted by Gasteiger charge is 2.17. The molecule has 0 radical (unpaired) electrons. The van der Waals surface area contributed by atoms with Crippen molar-refractivity contribution in [3.63, 3.8) is 0 Å². The Morgan fingerprint density at radius 3 is 2.65 bits per heavy atom. The summed E-state index contributed by atoms with van der Waals surface area (Å²) in [6.07, 6.45) is 2.93. The molecule has 0 saturated carbocycles. The highest BCUT2D eigenvalue weighted by Crippen LogP contribution is 2.30. The lowest BCUT2D eigenvalue weighted by Crippen LogP contribution is -1.97. The lowest BCUT2D eigenvalue weighted by atomic mass is 10.2. The van der Waals surface area contributed by atoms with Crippen LogP contribution in [0.4, 0.5) is 5.69 Å². The highest BCUT2D eigenvalue weighted by atomic mass is 35.5. The van der Waals surface area contributed by atoms with Gasteiger partial charge in [-0.2, -0.15) is 5.26 Å². The number of nitro benzene ring substituents is 1. The number of nitro groups is 1. The van der Waals surface area contributed by atoms with Crippen molar-refractivity contribution in [2.75, 3.05) is 0 Å². The summed E-state index contributed by atoms with van der Waals surface area (Å²) in [4.78, 5) is 18.1. The smallest absolute Gasteiger partial charge is 0.322 e. The number of nitriles is 1. The van der Waals surface area contributed by atoms with Crippen molar-refractivity contribution in [3.05, 3.63) is 51.8 Å². The van der Waals surface area contributed by atoms with Crippen LogP contribution in [0.3, 0.4) is 0 Å². The largest absolute Gasteiger partial charge is 0.417 e. The molecule has 0 amide bonds. The molecule has 0 bridgehead atoms. The summed E-state index contributed by atoms with van der Waals surface area (Å²) < 4.78 is 5.25. The Balaban J connectivity index is 2.32. The zero-order valence-corrected chi connectivity index (χ0v) is 10.7. The average Bonchev–Trinajstić information content (AvgIpc) is 2.48. The summed E-state index contributed by atoms with van der Waals surface area (Å²) in [6.45, 7) is 0. The van der Waals surface area contributed by atoms with Gasteiger partial charge in [-0.1, -0.05) is 0 Å². The normalized spacial score (nSPS) is 9.80. The van der Waals surface area contributed by atoms with Crippen molar-refractivity contribution in [2.45, 2.75) is 5.88 Å². The maximum absolute atomic E-state index is 10.9. The molecular formula is C12H7ClN4O3. The summed E-state index contributed by atoms with van der Waals surface area (Å²) in [5.74, 6) is 0.227. The molecule has 1 aromatic carbocycles. The summed E-state index contributed by atoms with van der Waals surface area (Å²) in [5.41, 5.74) is 0.546. The Bertz CT molecular complexity index is 682. The minimum atomic E-state index is -0.636. The molecule has 20 heavy (non-hydrogen) atoms. The number of benzene rings is 1. The monoisotopic (exact) mass is 290 g/mol. The van der Waals surface area contributed by atoms with Crippen molar-refractivity contribution < 1.29 is 9.66 Å². The Morgan fingerprint density at radius 2 is 2.10 bits per heavy atom. The van der Waals surface area contributed by atoms with Gasteiger partial charge in [0.05, 0.1) is 22.4 Å². The zero-order chi connectivity index (χ0) is 14.5. The van der Waals surface area contributed by atoms with Crippen molar-refractivity contribution in [1.82, 2.24) is 9.97 Å². The molecule has 0 N–H and O–H groups in total. The number of alkyl halides is 1. The Hall–Kier alpha value is -2.72. The second-order valence-corrected chi connectivity index (χ2v) is 3.93. The van der Waals surface area contributed by atoms with E-state index in [1.807, 2.05) is 6.07 Å². The van der Waals surface area contributed by atoms with Crippen LogP contribution in [0.15, 0.2) is 30.6 Å². The van der Waals surface area contributed by atoms with Crippen molar-refractivity contribution >= 4 is 17.3 Å². The van der Waals surface area contributed by atoms with Crippen LogP contribution < -0.4 is 4.74 Å². The highest BCUT2D eigenvalue weighted by molar-refractivity contribution is 6.17. The first-order chi connectivity index (χ1) is 9.63. The predicted octanol–water partition coefficient (Wildman–Crippen LogP) is 2.79. The summed E-state index contributed by atoms with van der Waals surface area (Å²) in [5, 5.41) is 19.7. The fourth-order valence-electron chi connectivity index (χ4n) is 1.38. The predicted molar refractivity (Wildman–Crippen MR) is 69.5 cm³/mol. The van der Waals surface area contributed by atoms with Gasteiger partial charge in [0.25, 0.3) is 0 Å². The fraction of sp³-hybridized carbons (Fsp3) is 0.0833. The molecule has 0 aliphatic heterocycles. The van der Waals surface area contributed by atoms with Crippen molar-refractivity contribution in [3.8, 4) is 17.8 Å². The van der Waals surface area contributed by atoms with Gasteiger partial charge in [0.1, 0.15) is 0 Å². The van der Waals surface area contributed by atoms with Gasteiger partial charge in [-0.15, -0.1) is 11.6 Å². The van der Waals surface area contributed by atoms with Crippen LogP contribution in [0, 0.1) is 21.4 Å². The van der Waals surface area contributed by atoms with Crippen LogP contribution >= 0.6 is 11.6 Å². The van der Waals surface area contributed by atoms with Gasteiger partial charge in [-0.3, -0.25) is 10.1 Å². The standard InChI is InChI=1S/C12H7ClN4O3/c13-4-9-6-15-12(16-7-9)20-11-2-1-8(5-14)3-10(11)17(18)19/h1-3,6-7H,4H2. The van der Waals surface area contributed by atoms with E-state index in [0.29, 0.717) is 5.56 Å². The van der Waals surface area contributed by atoms with Gasteiger partial charge in [-0.25, -0.2) is 9.97 Å². The van der Waals surface area contributed by atoms with E-state index in [0.717, 1.165) is 6.07 Å². The molecule has 1 aromatic heterocycles. The van der Waals surface area contributed by atoms with E-state index in [1.165, 1.54) is 24.5 Å². The number of aromatic nitrogens is 2. The van der Waals surface area contributed by atoms with Gasteiger partial charge in [0.15, 0.2) is 0 Å².